The van der Waals surface area contributed by atoms with Crippen molar-refractivity contribution in [1.82, 2.24) is 15.3 Å². The molecule has 0 amide bonds. The molecule has 18 heavy (non-hydrogen) atoms. The number of hydrogen-bond donors (Lipinski definition) is 1. The van der Waals surface area contributed by atoms with E-state index in [9.17, 15) is 0 Å². The highest BCUT2D eigenvalue weighted by molar-refractivity contribution is 5.31. The normalized spacial score (nSPS) is 25.1. The smallest absolute Gasteiger partial charge is 0.225 e. The Balaban J connectivity index is 1.76. The van der Waals surface area contributed by atoms with Crippen LogP contribution < -0.4 is 10.2 Å². The molecule has 2 aliphatic rings. The lowest BCUT2D eigenvalue weighted by molar-refractivity contribution is 0.193. The molecule has 1 unspecified atom stereocenters. The van der Waals surface area contributed by atoms with E-state index >= 15 is 0 Å². The maximum Gasteiger partial charge on any atom is 0.225 e. The molecule has 0 aromatic carbocycles. The summed E-state index contributed by atoms with van der Waals surface area (Å²) < 4.78 is 5.43. The second-order valence-electron chi connectivity index (χ2n) is 4.93. The molecule has 2 aliphatic heterocycles. The Kier molecular flexibility index (Phi) is 3.71. The number of anilines is 1. The van der Waals surface area contributed by atoms with Crippen molar-refractivity contribution in [2.75, 3.05) is 44.3 Å². The minimum absolute atomic E-state index is 0.455. The Morgan fingerprint density at radius 2 is 2.33 bits per heavy atom. The van der Waals surface area contributed by atoms with Crippen LogP contribution in [0.1, 0.15) is 24.5 Å². The first-order chi connectivity index (χ1) is 8.93. The molecule has 2 fully saturated rings. The van der Waals surface area contributed by atoms with Gasteiger partial charge in [0.1, 0.15) is 0 Å². The van der Waals surface area contributed by atoms with Crippen LogP contribution in [-0.4, -0.2) is 49.4 Å². The SMILES string of the molecule is c1cc(C2CCOC2)nc(N2CCCNCC2)n1. The molecule has 5 heteroatoms. The van der Waals surface area contributed by atoms with Crippen molar-refractivity contribution >= 4 is 5.95 Å². The zero-order valence-electron chi connectivity index (χ0n) is 10.6. The van der Waals surface area contributed by atoms with Gasteiger partial charge in [0.25, 0.3) is 0 Å². The Labute approximate surface area is 108 Å². The van der Waals surface area contributed by atoms with Gasteiger partial charge < -0.3 is 15.0 Å². The van der Waals surface area contributed by atoms with Crippen LogP contribution in [0.3, 0.4) is 0 Å². The van der Waals surface area contributed by atoms with Crippen LogP contribution in [0.4, 0.5) is 5.95 Å². The van der Waals surface area contributed by atoms with Gasteiger partial charge in [-0.3, -0.25) is 0 Å². The average molecular weight is 248 g/mol. The van der Waals surface area contributed by atoms with Crippen molar-refractivity contribution in [3.8, 4) is 0 Å². The Morgan fingerprint density at radius 1 is 1.33 bits per heavy atom. The van der Waals surface area contributed by atoms with Crippen molar-refractivity contribution < 1.29 is 4.74 Å². The molecular formula is C13H20N4O. The predicted octanol–water partition coefficient (Wildman–Crippen LogP) is 0.780. The first-order valence-corrected chi connectivity index (χ1v) is 6.80. The lowest BCUT2D eigenvalue weighted by atomic mass is 10.1. The highest BCUT2D eigenvalue weighted by Crippen LogP contribution is 2.24. The summed E-state index contributed by atoms with van der Waals surface area (Å²) in [6.45, 7) is 5.80. The van der Waals surface area contributed by atoms with Crippen LogP contribution in [0.2, 0.25) is 0 Å². The molecule has 1 aromatic heterocycles. The number of ether oxygens (including phenoxy) is 1. The predicted molar refractivity (Wildman–Crippen MR) is 69.9 cm³/mol. The van der Waals surface area contributed by atoms with Crippen LogP contribution in [-0.2, 0) is 4.74 Å². The number of hydrogen-bond acceptors (Lipinski definition) is 5. The van der Waals surface area contributed by atoms with E-state index in [0.29, 0.717) is 5.92 Å². The fourth-order valence-electron chi connectivity index (χ4n) is 2.56. The van der Waals surface area contributed by atoms with Crippen LogP contribution in [0.5, 0.6) is 0 Å². The van der Waals surface area contributed by atoms with Gasteiger partial charge in [-0.2, -0.15) is 0 Å². The number of aromatic nitrogens is 2. The summed E-state index contributed by atoms with van der Waals surface area (Å²) in [6, 6.07) is 2.03. The average Bonchev–Trinajstić information content (AvgIpc) is 2.82. The highest BCUT2D eigenvalue weighted by atomic mass is 16.5. The summed E-state index contributed by atoms with van der Waals surface area (Å²) in [5.74, 6) is 1.33. The second kappa shape index (κ2) is 5.63. The van der Waals surface area contributed by atoms with E-state index in [2.05, 4.69) is 15.2 Å². The monoisotopic (exact) mass is 248 g/mol. The van der Waals surface area contributed by atoms with Crippen molar-refractivity contribution in [3.05, 3.63) is 18.0 Å². The van der Waals surface area contributed by atoms with Crippen molar-refractivity contribution in [3.63, 3.8) is 0 Å². The van der Waals surface area contributed by atoms with E-state index in [0.717, 1.165) is 63.9 Å². The fraction of sp³-hybridized carbons (Fsp3) is 0.692. The highest BCUT2D eigenvalue weighted by Gasteiger charge is 2.20. The zero-order chi connectivity index (χ0) is 12.2. The van der Waals surface area contributed by atoms with Crippen molar-refractivity contribution in [2.24, 2.45) is 0 Å². The summed E-state index contributed by atoms with van der Waals surface area (Å²) in [6.07, 6.45) is 4.12. The van der Waals surface area contributed by atoms with E-state index < -0.39 is 0 Å². The molecule has 1 N–H and O–H groups in total. The molecule has 0 saturated carbocycles. The molecule has 1 atom stereocenters. The minimum atomic E-state index is 0.455. The lowest BCUT2D eigenvalue weighted by Gasteiger charge is -2.20. The minimum Gasteiger partial charge on any atom is -0.381 e. The lowest BCUT2D eigenvalue weighted by Crippen LogP contribution is -2.29. The molecule has 3 rings (SSSR count). The molecule has 3 heterocycles. The number of nitrogens with zero attached hydrogens (tertiary/aromatic N) is 3. The topological polar surface area (TPSA) is 50.3 Å². The summed E-state index contributed by atoms with van der Waals surface area (Å²) in [5, 5.41) is 3.40. The Bertz CT molecular complexity index is 384. The standard InChI is InChI=1S/C13H20N4O/c1-4-14-6-8-17(7-1)13-15-5-2-12(16-13)11-3-9-18-10-11/h2,5,11,14H,1,3-4,6-10H2. The maximum atomic E-state index is 5.43. The fourth-order valence-corrected chi connectivity index (χ4v) is 2.56. The van der Waals surface area contributed by atoms with E-state index in [1.807, 2.05) is 12.3 Å². The Hall–Kier alpha value is -1.20. The van der Waals surface area contributed by atoms with Gasteiger partial charge in [-0.15, -0.1) is 0 Å². The second-order valence-corrected chi connectivity index (χ2v) is 4.93. The van der Waals surface area contributed by atoms with Gasteiger partial charge in [-0.25, -0.2) is 9.97 Å². The third kappa shape index (κ3) is 2.62. The summed E-state index contributed by atoms with van der Waals surface area (Å²) in [4.78, 5) is 11.4. The van der Waals surface area contributed by atoms with Crippen molar-refractivity contribution in [2.45, 2.75) is 18.8 Å². The van der Waals surface area contributed by atoms with Crippen molar-refractivity contribution in [1.29, 1.82) is 0 Å². The molecule has 1 aromatic rings. The quantitative estimate of drug-likeness (QED) is 0.838. The van der Waals surface area contributed by atoms with Crippen LogP contribution in [0.15, 0.2) is 12.3 Å². The number of nitrogens with one attached hydrogen (secondary N) is 1. The molecule has 0 bridgehead atoms. The largest absolute Gasteiger partial charge is 0.381 e. The van der Waals surface area contributed by atoms with E-state index in [1.165, 1.54) is 0 Å². The molecular weight excluding hydrogens is 228 g/mol. The first-order valence-electron chi connectivity index (χ1n) is 6.80. The summed E-state index contributed by atoms with van der Waals surface area (Å²) in [7, 11) is 0. The summed E-state index contributed by atoms with van der Waals surface area (Å²) in [5.41, 5.74) is 1.13. The van der Waals surface area contributed by atoms with Gasteiger partial charge in [0.2, 0.25) is 5.95 Å². The van der Waals surface area contributed by atoms with Gasteiger partial charge in [0.15, 0.2) is 0 Å². The van der Waals surface area contributed by atoms with Crippen LogP contribution in [0, 0.1) is 0 Å². The van der Waals surface area contributed by atoms with Gasteiger partial charge in [-0.05, 0) is 25.5 Å². The molecule has 2 saturated heterocycles. The van der Waals surface area contributed by atoms with Gasteiger partial charge in [0.05, 0.1) is 12.3 Å². The first kappa shape index (κ1) is 11.9. The van der Waals surface area contributed by atoms with E-state index in [-0.39, 0.29) is 0 Å². The molecule has 0 spiro atoms. The van der Waals surface area contributed by atoms with Gasteiger partial charge >= 0.3 is 0 Å². The van der Waals surface area contributed by atoms with E-state index in [4.69, 9.17) is 9.72 Å². The molecule has 0 aliphatic carbocycles. The van der Waals surface area contributed by atoms with Crippen LogP contribution in [0.25, 0.3) is 0 Å². The molecule has 0 radical (unpaired) electrons. The van der Waals surface area contributed by atoms with Crippen LogP contribution >= 0.6 is 0 Å². The third-order valence-electron chi connectivity index (χ3n) is 3.64. The zero-order valence-corrected chi connectivity index (χ0v) is 10.6. The molecule has 98 valence electrons. The number of rotatable bonds is 2. The molecule has 5 nitrogen and oxygen atoms in total. The van der Waals surface area contributed by atoms with E-state index in [1.54, 1.807) is 0 Å². The maximum absolute atomic E-state index is 5.43. The Morgan fingerprint density at radius 3 is 3.22 bits per heavy atom. The van der Waals surface area contributed by atoms with Gasteiger partial charge in [-0.1, -0.05) is 0 Å². The third-order valence-corrected chi connectivity index (χ3v) is 3.64. The summed E-state index contributed by atoms with van der Waals surface area (Å²) >= 11 is 0. The van der Waals surface area contributed by atoms with Gasteiger partial charge in [0, 0.05) is 38.4 Å².